The molecule has 4 nitrogen and oxygen atoms in total. The van der Waals surface area contributed by atoms with Gasteiger partial charge in [0.1, 0.15) is 0 Å². The van der Waals surface area contributed by atoms with E-state index in [2.05, 4.69) is 29.6 Å². The third kappa shape index (κ3) is 2.72. The van der Waals surface area contributed by atoms with Gasteiger partial charge in [0.05, 0.1) is 11.4 Å². The maximum absolute atomic E-state index is 11.3. The van der Waals surface area contributed by atoms with E-state index in [1.165, 1.54) is 5.56 Å². The number of thioether (sulfide) groups is 1. The van der Waals surface area contributed by atoms with E-state index in [1.54, 1.807) is 0 Å². The highest BCUT2D eigenvalue weighted by Crippen LogP contribution is 2.32. The Balaban J connectivity index is 2.24. The minimum atomic E-state index is 0.0744. The first-order chi connectivity index (χ1) is 8.61. The predicted molar refractivity (Wildman–Crippen MR) is 79.5 cm³/mol. The SMILES string of the molecule is CSCCN(C)c1cc2c(cc1N)NC(=O)CC2. The lowest BCUT2D eigenvalue weighted by Gasteiger charge is -2.24. The smallest absolute Gasteiger partial charge is 0.224 e. The number of nitrogens with one attached hydrogen (secondary N) is 1. The number of amides is 1. The number of hydrogen-bond donors (Lipinski definition) is 2. The van der Waals surface area contributed by atoms with Crippen LogP contribution in [0.2, 0.25) is 0 Å². The van der Waals surface area contributed by atoms with Gasteiger partial charge >= 0.3 is 0 Å². The standard InChI is InChI=1S/C13H19N3OS/c1-16(5-6-18-2)12-7-9-3-4-13(17)15-11(9)8-10(12)14/h7-8H,3-6,14H2,1-2H3,(H,15,17). The maximum atomic E-state index is 11.3. The highest BCUT2D eigenvalue weighted by Gasteiger charge is 2.17. The van der Waals surface area contributed by atoms with Gasteiger partial charge in [0.25, 0.3) is 0 Å². The molecule has 98 valence electrons. The lowest BCUT2D eigenvalue weighted by Crippen LogP contribution is -2.23. The van der Waals surface area contributed by atoms with Crippen LogP contribution < -0.4 is 16.0 Å². The molecular weight excluding hydrogens is 246 g/mol. The van der Waals surface area contributed by atoms with Gasteiger partial charge in [0.2, 0.25) is 5.91 Å². The Morgan fingerprint density at radius 2 is 2.22 bits per heavy atom. The maximum Gasteiger partial charge on any atom is 0.224 e. The van der Waals surface area contributed by atoms with Crippen LogP contribution in [-0.4, -0.2) is 31.5 Å². The first-order valence-electron chi connectivity index (χ1n) is 6.04. The molecule has 0 aliphatic carbocycles. The van der Waals surface area contributed by atoms with Crippen LogP contribution in [0.3, 0.4) is 0 Å². The average molecular weight is 265 g/mol. The molecule has 1 heterocycles. The summed E-state index contributed by atoms with van der Waals surface area (Å²) in [5.74, 6) is 1.15. The molecule has 0 fully saturated rings. The average Bonchev–Trinajstić information content (AvgIpc) is 2.35. The monoisotopic (exact) mass is 265 g/mol. The van der Waals surface area contributed by atoms with Gasteiger partial charge in [-0.1, -0.05) is 0 Å². The van der Waals surface area contributed by atoms with Crippen LogP contribution >= 0.6 is 11.8 Å². The Kier molecular flexibility index (Phi) is 4.01. The van der Waals surface area contributed by atoms with E-state index in [0.29, 0.717) is 6.42 Å². The van der Waals surface area contributed by atoms with Crippen molar-refractivity contribution in [3.8, 4) is 0 Å². The first kappa shape index (κ1) is 13.1. The number of hydrogen-bond acceptors (Lipinski definition) is 4. The first-order valence-corrected chi connectivity index (χ1v) is 7.43. The molecule has 1 aromatic carbocycles. The number of carbonyl (C=O) groups excluding carboxylic acids is 1. The van der Waals surface area contributed by atoms with E-state index in [9.17, 15) is 4.79 Å². The van der Waals surface area contributed by atoms with Crippen molar-refractivity contribution in [3.05, 3.63) is 17.7 Å². The van der Waals surface area contributed by atoms with Gasteiger partial charge in [-0.05, 0) is 30.4 Å². The number of benzene rings is 1. The molecule has 1 aliphatic rings. The molecule has 1 aliphatic heterocycles. The molecule has 18 heavy (non-hydrogen) atoms. The van der Waals surface area contributed by atoms with Crippen LogP contribution in [0.15, 0.2) is 12.1 Å². The molecule has 0 spiro atoms. The summed E-state index contributed by atoms with van der Waals surface area (Å²) < 4.78 is 0. The summed E-state index contributed by atoms with van der Waals surface area (Å²) in [5, 5.41) is 2.87. The number of fused-ring (bicyclic) bond motifs is 1. The largest absolute Gasteiger partial charge is 0.397 e. The highest BCUT2D eigenvalue weighted by molar-refractivity contribution is 7.98. The molecular formula is C13H19N3OS. The van der Waals surface area contributed by atoms with Crippen LogP contribution in [0.4, 0.5) is 17.1 Å². The Labute approximate surface area is 112 Å². The van der Waals surface area contributed by atoms with E-state index < -0.39 is 0 Å². The number of carbonyl (C=O) groups is 1. The number of nitrogens with two attached hydrogens (primary N) is 1. The van der Waals surface area contributed by atoms with E-state index in [0.717, 1.165) is 35.8 Å². The zero-order chi connectivity index (χ0) is 13.1. The molecule has 0 radical (unpaired) electrons. The number of rotatable bonds is 4. The molecule has 0 saturated heterocycles. The van der Waals surface area contributed by atoms with Crippen LogP contribution in [-0.2, 0) is 11.2 Å². The lowest BCUT2D eigenvalue weighted by molar-refractivity contribution is -0.116. The summed E-state index contributed by atoms with van der Waals surface area (Å²) >= 11 is 1.82. The van der Waals surface area contributed by atoms with Crippen molar-refractivity contribution in [1.82, 2.24) is 0 Å². The normalized spacial score (nSPS) is 14.0. The van der Waals surface area contributed by atoms with E-state index in [4.69, 9.17) is 5.73 Å². The third-order valence-electron chi connectivity index (χ3n) is 3.19. The summed E-state index contributed by atoms with van der Waals surface area (Å²) in [6.07, 6.45) is 3.45. The van der Waals surface area contributed by atoms with Crippen molar-refractivity contribution in [3.63, 3.8) is 0 Å². The summed E-state index contributed by atoms with van der Waals surface area (Å²) in [4.78, 5) is 13.5. The van der Waals surface area contributed by atoms with Gasteiger partial charge in [-0.15, -0.1) is 0 Å². The second-order valence-corrected chi connectivity index (χ2v) is 5.52. The fraction of sp³-hybridized carbons (Fsp3) is 0.462. The number of nitrogen functional groups attached to an aromatic ring is 1. The summed E-state index contributed by atoms with van der Waals surface area (Å²) in [6.45, 7) is 0.969. The molecule has 1 amide bonds. The fourth-order valence-corrected chi connectivity index (χ4v) is 2.57. The Hall–Kier alpha value is -1.36. The van der Waals surface area contributed by atoms with Crippen molar-refractivity contribution < 1.29 is 4.79 Å². The zero-order valence-electron chi connectivity index (χ0n) is 10.8. The molecule has 0 saturated carbocycles. The Bertz CT molecular complexity index is 462. The predicted octanol–water partition coefficient (Wildman–Crippen LogP) is 1.95. The topological polar surface area (TPSA) is 58.4 Å². The highest BCUT2D eigenvalue weighted by atomic mass is 32.2. The summed E-state index contributed by atoms with van der Waals surface area (Å²) in [5.41, 5.74) is 9.88. The molecule has 0 aromatic heterocycles. The molecule has 3 N–H and O–H groups in total. The van der Waals surface area contributed by atoms with Crippen LogP contribution in [0.1, 0.15) is 12.0 Å². The minimum Gasteiger partial charge on any atom is -0.397 e. The molecule has 5 heteroatoms. The van der Waals surface area contributed by atoms with Crippen LogP contribution in [0.5, 0.6) is 0 Å². The number of anilines is 3. The van der Waals surface area contributed by atoms with Crippen molar-refractivity contribution in [2.24, 2.45) is 0 Å². The summed E-state index contributed by atoms with van der Waals surface area (Å²) in [7, 11) is 2.05. The van der Waals surface area contributed by atoms with Crippen LogP contribution in [0.25, 0.3) is 0 Å². The Morgan fingerprint density at radius 1 is 1.44 bits per heavy atom. The van der Waals surface area contributed by atoms with E-state index in [-0.39, 0.29) is 5.91 Å². The second-order valence-electron chi connectivity index (χ2n) is 4.53. The molecule has 0 bridgehead atoms. The van der Waals surface area contributed by atoms with Gasteiger partial charge in [-0.25, -0.2) is 0 Å². The lowest BCUT2D eigenvalue weighted by atomic mass is 10.0. The van der Waals surface area contributed by atoms with Crippen molar-refractivity contribution in [2.75, 3.05) is 41.6 Å². The molecule has 0 atom stereocenters. The van der Waals surface area contributed by atoms with Crippen LogP contribution in [0, 0.1) is 0 Å². The van der Waals surface area contributed by atoms with Gasteiger partial charge in [-0.3, -0.25) is 4.79 Å². The molecule has 2 rings (SSSR count). The third-order valence-corrected chi connectivity index (χ3v) is 3.78. The van der Waals surface area contributed by atoms with E-state index >= 15 is 0 Å². The van der Waals surface area contributed by atoms with Crippen molar-refractivity contribution in [1.29, 1.82) is 0 Å². The quantitative estimate of drug-likeness (QED) is 0.817. The number of nitrogens with zero attached hydrogens (tertiary/aromatic N) is 1. The molecule has 0 unspecified atom stereocenters. The van der Waals surface area contributed by atoms with Gasteiger partial charge < -0.3 is 16.0 Å². The van der Waals surface area contributed by atoms with Crippen molar-refractivity contribution in [2.45, 2.75) is 12.8 Å². The number of aryl methyl sites for hydroxylation is 1. The van der Waals surface area contributed by atoms with Crippen molar-refractivity contribution >= 4 is 34.7 Å². The molecule has 1 aromatic rings. The fourth-order valence-electron chi connectivity index (χ4n) is 2.11. The zero-order valence-corrected chi connectivity index (χ0v) is 11.6. The van der Waals surface area contributed by atoms with Gasteiger partial charge in [0, 0.05) is 31.5 Å². The second kappa shape index (κ2) is 5.52. The Morgan fingerprint density at radius 3 is 2.94 bits per heavy atom. The summed E-state index contributed by atoms with van der Waals surface area (Å²) in [6, 6.07) is 3.97. The van der Waals surface area contributed by atoms with Gasteiger partial charge in [-0.2, -0.15) is 11.8 Å². The van der Waals surface area contributed by atoms with E-state index in [1.807, 2.05) is 17.8 Å². The minimum absolute atomic E-state index is 0.0744. The van der Waals surface area contributed by atoms with Gasteiger partial charge in [0.15, 0.2) is 0 Å².